The summed E-state index contributed by atoms with van der Waals surface area (Å²) in [5.74, 6) is 0.887. The van der Waals surface area contributed by atoms with Gasteiger partial charge < -0.3 is 15.2 Å². The lowest BCUT2D eigenvalue weighted by atomic mass is 9.96. The zero-order chi connectivity index (χ0) is 23.3. The van der Waals surface area contributed by atoms with Gasteiger partial charge in [-0.2, -0.15) is 0 Å². The molecule has 2 aliphatic heterocycles. The second-order valence-corrected chi connectivity index (χ2v) is 9.45. The molecule has 2 amide bonds. The molecule has 0 atom stereocenters. The number of benzene rings is 1. The van der Waals surface area contributed by atoms with Gasteiger partial charge in [-0.15, -0.1) is 0 Å². The van der Waals surface area contributed by atoms with E-state index < -0.39 is 0 Å². The lowest BCUT2D eigenvalue weighted by Crippen LogP contribution is -2.38. The molecule has 2 saturated heterocycles. The van der Waals surface area contributed by atoms with Gasteiger partial charge in [-0.3, -0.25) is 14.9 Å². The smallest absolute Gasteiger partial charge is 0.290 e. The fourth-order valence-electron chi connectivity index (χ4n) is 4.33. The third-order valence-corrected chi connectivity index (χ3v) is 6.95. The van der Waals surface area contributed by atoms with Crippen LogP contribution in [0.1, 0.15) is 24.1 Å². The number of aromatic amines is 1. The quantitative estimate of drug-likeness (QED) is 0.448. The molecule has 0 saturated carbocycles. The number of piperidine rings is 1. The number of aromatic nitrogens is 3. The van der Waals surface area contributed by atoms with Crippen molar-refractivity contribution in [1.82, 2.24) is 25.6 Å². The van der Waals surface area contributed by atoms with Crippen molar-refractivity contribution in [3.8, 4) is 11.3 Å². The Morgan fingerprint density at radius 2 is 1.97 bits per heavy atom. The van der Waals surface area contributed by atoms with Gasteiger partial charge >= 0.3 is 0 Å². The van der Waals surface area contributed by atoms with Crippen molar-refractivity contribution < 1.29 is 9.59 Å². The number of H-pyrrole nitrogens is 1. The lowest BCUT2D eigenvalue weighted by Gasteiger charge is -2.32. The summed E-state index contributed by atoms with van der Waals surface area (Å²) in [5.41, 5.74) is 4.29. The molecule has 0 bridgehead atoms. The second kappa shape index (κ2) is 10.2. The normalized spacial score (nSPS) is 18.0. The predicted molar refractivity (Wildman–Crippen MR) is 134 cm³/mol. The van der Waals surface area contributed by atoms with Crippen LogP contribution in [0.15, 0.2) is 59.8 Å². The number of hydrogen-bond acceptors (Lipinski definition) is 7. The number of amides is 2. The minimum Gasteiger partial charge on any atom is -0.361 e. The highest BCUT2D eigenvalue weighted by Gasteiger charge is 2.25. The molecular formula is C25H26N6O2S. The number of hydrogen-bond donors (Lipinski definition) is 3. The average Bonchev–Trinajstić information content (AvgIpc) is 3.50. The Balaban J connectivity index is 1.13. The largest absolute Gasteiger partial charge is 0.361 e. The van der Waals surface area contributed by atoms with Crippen molar-refractivity contribution in [1.29, 1.82) is 0 Å². The van der Waals surface area contributed by atoms with Crippen LogP contribution >= 0.6 is 11.8 Å². The summed E-state index contributed by atoms with van der Waals surface area (Å²) in [6, 6.07) is 14.4. The van der Waals surface area contributed by atoms with Crippen LogP contribution in [-0.2, 0) is 11.3 Å². The van der Waals surface area contributed by atoms with Crippen LogP contribution in [0.3, 0.4) is 0 Å². The van der Waals surface area contributed by atoms with Crippen LogP contribution in [0.4, 0.5) is 10.7 Å². The second-order valence-electron chi connectivity index (χ2n) is 8.44. The number of imide groups is 1. The van der Waals surface area contributed by atoms with Crippen molar-refractivity contribution in [2.75, 3.05) is 24.5 Å². The van der Waals surface area contributed by atoms with Gasteiger partial charge in [0, 0.05) is 43.3 Å². The van der Waals surface area contributed by atoms with Crippen molar-refractivity contribution in [2.24, 2.45) is 5.92 Å². The summed E-state index contributed by atoms with van der Waals surface area (Å²) in [6.45, 7) is 3.59. The first-order valence-electron chi connectivity index (χ1n) is 11.4. The van der Waals surface area contributed by atoms with Gasteiger partial charge in [0.2, 0.25) is 5.95 Å². The monoisotopic (exact) mass is 474 g/mol. The molecule has 3 N–H and O–H groups in total. The van der Waals surface area contributed by atoms with Crippen molar-refractivity contribution in [3.63, 3.8) is 0 Å². The molecule has 0 spiro atoms. The third kappa shape index (κ3) is 5.21. The molecule has 174 valence electrons. The Morgan fingerprint density at radius 3 is 2.74 bits per heavy atom. The van der Waals surface area contributed by atoms with Gasteiger partial charge in [0.05, 0.1) is 10.6 Å². The minimum atomic E-state index is -0.376. The summed E-state index contributed by atoms with van der Waals surface area (Å²) < 4.78 is 0. The Labute approximate surface area is 202 Å². The van der Waals surface area contributed by atoms with E-state index in [0.717, 1.165) is 56.5 Å². The molecule has 2 aromatic heterocycles. The van der Waals surface area contributed by atoms with Crippen molar-refractivity contribution in [3.05, 3.63) is 71.0 Å². The summed E-state index contributed by atoms with van der Waals surface area (Å²) >= 11 is 0.895. The molecule has 0 radical (unpaired) electrons. The topological polar surface area (TPSA) is 103 Å². The zero-order valence-corrected chi connectivity index (χ0v) is 19.5. The van der Waals surface area contributed by atoms with Crippen LogP contribution in [0.25, 0.3) is 17.3 Å². The Bertz CT molecular complexity index is 1200. The predicted octanol–water partition coefficient (Wildman–Crippen LogP) is 3.80. The van der Waals surface area contributed by atoms with Gasteiger partial charge in [0.25, 0.3) is 11.1 Å². The van der Waals surface area contributed by atoms with E-state index in [1.807, 2.05) is 12.3 Å². The third-order valence-electron chi connectivity index (χ3n) is 6.14. The Hall–Kier alpha value is -3.43. The van der Waals surface area contributed by atoms with Crippen LogP contribution in [0, 0.1) is 5.92 Å². The number of carbonyl (C=O) groups excluding carboxylic acids is 2. The van der Waals surface area contributed by atoms with E-state index >= 15 is 0 Å². The molecule has 0 unspecified atom stereocenters. The summed E-state index contributed by atoms with van der Waals surface area (Å²) in [6.07, 6.45) is 7.41. The molecular weight excluding hydrogens is 448 g/mol. The fraction of sp³-hybridized carbons (Fsp3) is 0.280. The van der Waals surface area contributed by atoms with E-state index in [2.05, 4.69) is 60.8 Å². The van der Waals surface area contributed by atoms with E-state index in [9.17, 15) is 9.59 Å². The number of thioether (sulfide) groups is 1. The SMILES string of the molecule is O=C1NC(=O)/C(=C\c2ccnc(N3CCC(CNCc4ccccc4-c4ccc[nH]4)CC3)n2)S1. The Morgan fingerprint density at radius 1 is 1.12 bits per heavy atom. The highest BCUT2D eigenvalue weighted by atomic mass is 32.2. The fourth-order valence-corrected chi connectivity index (χ4v) is 5.00. The van der Waals surface area contributed by atoms with E-state index in [1.165, 1.54) is 11.1 Å². The summed E-state index contributed by atoms with van der Waals surface area (Å²) in [7, 11) is 0. The van der Waals surface area contributed by atoms with Gasteiger partial charge in [0.15, 0.2) is 0 Å². The standard InChI is InChI=1S/C25H26N6O2S/c32-23-22(34-25(33)30-23)14-19-7-11-28-24(29-19)31-12-8-17(9-13-31)15-26-16-18-4-1-2-5-20(18)21-6-3-10-27-21/h1-7,10-11,14,17,26-27H,8-9,12-13,15-16H2,(H,30,32,33)/b22-14+. The van der Waals surface area contributed by atoms with E-state index in [-0.39, 0.29) is 11.1 Å². The highest BCUT2D eigenvalue weighted by molar-refractivity contribution is 8.18. The maximum atomic E-state index is 11.8. The lowest BCUT2D eigenvalue weighted by molar-refractivity contribution is -0.115. The van der Waals surface area contributed by atoms with Gasteiger partial charge in [-0.05, 0) is 66.9 Å². The first kappa shape index (κ1) is 22.4. The van der Waals surface area contributed by atoms with Crippen LogP contribution in [0.5, 0.6) is 0 Å². The molecule has 3 aromatic rings. The number of nitrogens with zero attached hydrogens (tertiary/aromatic N) is 3. The van der Waals surface area contributed by atoms with E-state index in [0.29, 0.717) is 22.5 Å². The Kier molecular flexibility index (Phi) is 6.73. The summed E-state index contributed by atoms with van der Waals surface area (Å²) in [5, 5.41) is 5.56. The minimum absolute atomic E-state index is 0.353. The molecule has 34 heavy (non-hydrogen) atoms. The van der Waals surface area contributed by atoms with E-state index in [1.54, 1.807) is 18.3 Å². The van der Waals surface area contributed by atoms with Gasteiger partial charge in [0.1, 0.15) is 0 Å². The molecule has 8 nitrogen and oxygen atoms in total. The zero-order valence-electron chi connectivity index (χ0n) is 18.7. The number of carbonyl (C=O) groups is 2. The maximum absolute atomic E-state index is 11.8. The molecule has 2 aliphatic rings. The van der Waals surface area contributed by atoms with Crippen LogP contribution in [-0.4, -0.2) is 45.7 Å². The number of nitrogens with one attached hydrogen (secondary N) is 3. The first-order chi connectivity index (χ1) is 16.7. The molecule has 4 heterocycles. The van der Waals surface area contributed by atoms with E-state index in [4.69, 9.17) is 0 Å². The first-order valence-corrected chi connectivity index (χ1v) is 12.2. The van der Waals surface area contributed by atoms with Crippen LogP contribution < -0.4 is 15.5 Å². The van der Waals surface area contributed by atoms with Gasteiger partial charge in [-0.1, -0.05) is 24.3 Å². The maximum Gasteiger partial charge on any atom is 0.290 e. The molecule has 0 aliphatic carbocycles. The number of anilines is 1. The van der Waals surface area contributed by atoms with Crippen molar-refractivity contribution in [2.45, 2.75) is 19.4 Å². The molecule has 5 rings (SSSR count). The average molecular weight is 475 g/mol. The number of rotatable bonds is 7. The van der Waals surface area contributed by atoms with Gasteiger partial charge in [-0.25, -0.2) is 9.97 Å². The molecule has 1 aromatic carbocycles. The molecule has 2 fully saturated rings. The van der Waals surface area contributed by atoms with Crippen molar-refractivity contribution >= 4 is 34.9 Å². The van der Waals surface area contributed by atoms with Crippen LogP contribution in [0.2, 0.25) is 0 Å². The highest BCUT2D eigenvalue weighted by Crippen LogP contribution is 2.26. The molecule has 9 heteroatoms. The summed E-state index contributed by atoms with van der Waals surface area (Å²) in [4.78, 5) is 38.0.